The molecule has 10 nitrogen and oxygen atoms in total. The van der Waals surface area contributed by atoms with E-state index in [1.807, 2.05) is 0 Å². The number of carbonyl (C=O) groups excluding carboxylic acids is 2. The maximum absolute atomic E-state index is 12.6. The van der Waals surface area contributed by atoms with Gasteiger partial charge in [-0.2, -0.15) is 0 Å². The minimum absolute atomic E-state index is 0.172. The molecule has 310 valence electrons. The molecule has 0 aromatic heterocycles. The van der Waals surface area contributed by atoms with Crippen LogP contribution in [0.5, 0.6) is 0 Å². The van der Waals surface area contributed by atoms with Gasteiger partial charge in [-0.05, 0) is 70.6 Å². The molecule has 1 unspecified atom stereocenters. The average Bonchev–Trinajstić information content (AvgIpc) is 3.14. The lowest BCUT2D eigenvalue weighted by Crippen LogP contribution is -2.29. The lowest BCUT2D eigenvalue weighted by molar-refractivity contribution is -0.161. The molecular formula is C42H77O10P. The number of phosphoric acid groups is 1. The minimum Gasteiger partial charge on any atom is -0.462 e. The van der Waals surface area contributed by atoms with E-state index in [-0.39, 0.29) is 19.4 Å². The van der Waals surface area contributed by atoms with E-state index >= 15 is 0 Å². The van der Waals surface area contributed by atoms with Crippen LogP contribution < -0.4 is 0 Å². The van der Waals surface area contributed by atoms with Crippen LogP contribution in [0.1, 0.15) is 181 Å². The summed E-state index contributed by atoms with van der Waals surface area (Å²) in [6.07, 6.45) is 38.2. The Morgan fingerprint density at radius 3 is 1.51 bits per heavy atom. The third kappa shape index (κ3) is 38.3. The fourth-order valence-corrected chi connectivity index (χ4v) is 6.28. The van der Waals surface area contributed by atoms with E-state index < -0.39 is 51.8 Å². The fourth-order valence-electron chi connectivity index (χ4n) is 5.49. The van der Waals surface area contributed by atoms with Crippen LogP contribution in [-0.4, -0.2) is 65.7 Å². The minimum atomic E-state index is -4.62. The Kier molecular flexibility index (Phi) is 37.2. The fraction of sp³-hybridized carbons (Fsp3) is 0.810. The van der Waals surface area contributed by atoms with Gasteiger partial charge in [-0.25, -0.2) is 4.57 Å². The first-order chi connectivity index (χ1) is 25.7. The van der Waals surface area contributed by atoms with Crippen LogP contribution in [0.4, 0.5) is 0 Å². The van der Waals surface area contributed by atoms with Gasteiger partial charge >= 0.3 is 19.8 Å². The monoisotopic (exact) mass is 773 g/mol. The lowest BCUT2D eigenvalue weighted by Gasteiger charge is -2.20. The summed E-state index contributed by atoms with van der Waals surface area (Å²) in [6, 6.07) is 0. The number of hydrogen-bond acceptors (Lipinski definition) is 9. The second kappa shape index (κ2) is 38.5. The Bertz CT molecular complexity index is 983. The van der Waals surface area contributed by atoms with Gasteiger partial charge in [-0.1, -0.05) is 134 Å². The highest BCUT2D eigenvalue weighted by Crippen LogP contribution is 2.43. The summed E-state index contributed by atoms with van der Waals surface area (Å²) in [6.45, 7) is 2.32. The number of unbranched alkanes of at least 4 members (excludes halogenated alkanes) is 19. The first kappa shape index (κ1) is 51.2. The molecule has 0 saturated carbocycles. The molecule has 3 atom stereocenters. The number of allylic oxidation sites excluding steroid dienone is 6. The second-order valence-electron chi connectivity index (χ2n) is 14.0. The quantitative estimate of drug-likeness (QED) is 0.0238. The van der Waals surface area contributed by atoms with Crippen LogP contribution in [-0.2, 0) is 32.7 Å². The van der Waals surface area contributed by atoms with Gasteiger partial charge in [0.1, 0.15) is 12.7 Å². The Balaban J connectivity index is 4.32. The van der Waals surface area contributed by atoms with E-state index in [9.17, 15) is 24.2 Å². The summed E-state index contributed by atoms with van der Waals surface area (Å²) < 4.78 is 32.6. The van der Waals surface area contributed by atoms with E-state index in [1.54, 1.807) is 0 Å². The Hall–Kier alpha value is -1.81. The molecular weight excluding hydrogens is 695 g/mol. The predicted molar refractivity (Wildman–Crippen MR) is 214 cm³/mol. The molecule has 0 fully saturated rings. The number of phosphoric ester groups is 1. The molecule has 0 aliphatic carbocycles. The Labute approximate surface area is 322 Å². The van der Waals surface area contributed by atoms with Gasteiger partial charge in [0.05, 0.1) is 19.8 Å². The second-order valence-corrected chi connectivity index (χ2v) is 15.5. The highest BCUT2D eigenvalue weighted by molar-refractivity contribution is 7.47. The molecule has 0 aromatic rings. The first-order valence-electron chi connectivity index (χ1n) is 20.9. The summed E-state index contributed by atoms with van der Waals surface area (Å²) in [5.41, 5.74) is 0. The molecule has 0 rings (SSSR count). The van der Waals surface area contributed by atoms with Gasteiger partial charge in [-0.15, -0.1) is 0 Å². The van der Waals surface area contributed by atoms with Crippen molar-refractivity contribution in [1.29, 1.82) is 0 Å². The van der Waals surface area contributed by atoms with Crippen LogP contribution in [0.15, 0.2) is 36.5 Å². The zero-order chi connectivity index (χ0) is 39.1. The Morgan fingerprint density at radius 1 is 0.566 bits per heavy atom. The number of carbonyl (C=O) groups is 2. The summed E-state index contributed by atoms with van der Waals surface area (Å²) in [5, 5.41) is 18.3. The van der Waals surface area contributed by atoms with Crippen LogP contribution in [0.2, 0.25) is 0 Å². The van der Waals surface area contributed by atoms with Crippen LogP contribution in [0, 0.1) is 0 Å². The highest BCUT2D eigenvalue weighted by atomic mass is 31.2. The van der Waals surface area contributed by atoms with Crippen molar-refractivity contribution in [2.75, 3.05) is 26.4 Å². The molecule has 0 saturated heterocycles. The zero-order valence-electron chi connectivity index (χ0n) is 33.5. The number of esters is 2. The number of ether oxygens (including phenoxy) is 2. The number of hydrogen-bond donors (Lipinski definition) is 3. The largest absolute Gasteiger partial charge is 0.472 e. The summed E-state index contributed by atoms with van der Waals surface area (Å²) in [5.74, 6) is -0.944. The van der Waals surface area contributed by atoms with Gasteiger partial charge < -0.3 is 24.6 Å². The molecule has 0 aromatic carbocycles. The molecule has 0 spiro atoms. The van der Waals surface area contributed by atoms with Crippen molar-refractivity contribution < 1.29 is 47.8 Å². The van der Waals surface area contributed by atoms with Gasteiger partial charge in [0.15, 0.2) is 6.10 Å². The van der Waals surface area contributed by atoms with Gasteiger partial charge in [0, 0.05) is 12.8 Å². The topological polar surface area (TPSA) is 149 Å². The van der Waals surface area contributed by atoms with Crippen molar-refractivity contribution in [3.8, 4) is 0 Å². The highest BCUT2D eigenvalue weighted by Gasteiger charge is 2.27. The van der Waals surface area contributed by atoms with Gasteiger partial charge in [0.25, 0.3) is 0 Å². The number of rotatable bonds is 39. The molecule has 0 heterocycles. The van der Waals surface area contributed by atoms with Gasteiger partial charge in [0.2, 0.25) is 0 Å². The maximum atomic E-state index is 12.6. The van der Waals surface area contributed by atoms with Crippen LogP contribution in [0.25, 0.3) is 0 Å². The average molecular weight is 773 g/mol. The molecule has 0 radical (unpaired) electrons. The van der Waals surface area contributed by atoms with Crippen molar-refractivity contribution in [3.05, 3.63) is 36.5 Å². The Morgan fingerprint density at radius 2 is 0.981 bits per heavy atom. The SMILES string of the molecule is CCCCC/C=C\C/C=C\CCCCCCCCCC(=O)OC[C@H](COP(=O)(O)OC[C@@H](O)CO)OC(=O)CCCCCCC/C=C\CCCCCC. The van der Waals surface area contributed by atoms with Crippen molar-refractivity contribution in [1.82, 2.24) is 0 Å². The first-order valence-corrected chi connectivity index (χ1v) is 22.4. The van der Waals surface area contributed by atoms with E-state index in [0.29, 0.717) is 12.8 Å². The van der Waals surface area contributed by atoms with Crippen molar-refractivity contribution in [2.45, 2.75) is 193 Å². The maximum Gasteiger partial charge on any atom is 0.472 e. The normalized spacial score (nSPS) is 14.3. The molecule has 0 amide bonds. The van der Waals surface area contributed by atoms with E-state index in [1.165, 1.54) is 70.6 Å². The van der Waals surface area contributed by atoms with Crippen LogP contribution >= 0.6 is 7.82 Å². The molecule has 3 N–H and O–H groups in total. The van der Waals surface area contributed by atoms with E-state index in [2.05, 4.69) is 54.8 Å². The third-order valence-electron chi connectivity index (χ3n) is 8.77. The number of aliphatic hydroxyl groups excluding tert-OH is 2. The van der Waals surface area contributed by atoms with Crippen LogP contribution in [0.3, 0.4) is 0 Å². The number of aliphatic hydroxyl groups is 2. The predicted octanol–water partition coefficient (Wildman–Crippen LogP) is 10.8. The summed E-state index contributed by atoms with van der Waals surface area (Å²) in [4.78, 5) is 34.9. The smallest absolute Gasteiger partial charge is 0.462 e. The van der Waals surface area contributed by atoms with Crippen molar-refractivity contribution >= 4 is 19.8 Å². The zero-order valence-corrected chi connectivity index (χ0v) is 34.4. The summed E-state index contributed by atoms with van der Waals surface area (Å²) >= 11 is 0. The summed E-state index contributed by atoms with van der Waals surface area (Å²) in [7, 11) is -4.62. The molecule has 0 aliphatic rings. The molecule has 0 aliphatic heterocycles. The van der Waals surface area contributed by atoms with Crippen molar-refractivity contribution in [3.63, 3.8) is 0 Å². The third-order valence-corrected chi connectivity index (χ3v) is 9.72. The lowest BCUT2D eigenvalue weighted by atomic mass is 10.1. The molecule has 11 heteroatoms. The van der Waals surface area contributed by atoms with E-state index in [0.717, 1.165) is 70.6 Å². The van der Waals surface area contributed by atoms with Crippen molar-refractivity contribution in [2.24, 2.45) is 0 Å². The molecule has 0 bridgehead atoms. The molecule has 53 heavy (non-hydrogen) atoms. The van der Waals surface area contributed by atoms with Gasteiger partial charge in [-0.3, -0.25) is 18.6 Å². The standard InChI is InChI=1S/C42H77O10P/c1-3-5-7-9-11-13-15-17-18-19-20-22-23-25-27-29-31-33-41(45)49-37-40(38-51-53(47,48)50-36-39(44)35-43)52-42(46)34-32-30-28-26-24-21-16-14-12-10-8-6-4-2/h11,13-14,16-18,39-40,43-44H,3-10,12,15,19-38H2,1-2H3,(H,47,48)/b13-11-,16-14-,18-17-/t39-,40+/m0/s1. The van der Waals surface area contributed by atoms with E-state index in [4.69, 9.17) is 19.1 Å².